The van der Waals surface area contributed by atoms with Crippen LogP contribution in [-0.4, -0.2) is 27.5 Å². The molecule has 2 aromatic carbocycles. The van der Waals surface area contributed by atoms with Crippen LogP contribution < -0.4 is 14.8 Å². The van der Waals surface area contributed by atoms with Gasteiger partial charge in [0.25, 0.3) is 0 Å². The summed E-state index contributed by atoms with van der Waals surface area (Å²) in [5.41, 5.74) is 2.33. The van der Waals surface area contributed by atoms with Crippen LogP contribution in [0.5, 0.6) is 5.75 Å². The van der Waals surface area contributed by atoms with Gasteiger partial charge in [0.15, 0.2) is 0 Å². The highest BCUT2D eigenvalue weighted by Crippen LogP contribution is 2.17. The number of benzene rings is 2. The lowest BCUT2D eigenvalue weighted by atomic mass is 10.2. The smallest absolute Gasteiger partial charge is 0.241 e. The molecule has 0 heterocycles. The van der Waals surface area contributed by atoms with Gasteiger partial charge < -0.3 is 10.1 Å². The first-order valence-electron chi connectivity index (χ1n) is 8.31. The van der Waals surface area contributed by atoms with E-state index in [9.17, 15) is 13.2 Å². The van der Waals surface area contributed by atoms with E-state index in [4.69, 9.17) is 4.74 Å². The van der Waals surface area contributed by atoms with Crippen LogP contribution in [0, 0.1) is 25.7 Å². The van der Waals surface area contributed by atoms with Crippen molar-refractivity contribution in [3.05, 3.63) is 53.6 Å². The van der Waals surface area contributed by atoms with Gasteiger partial charge in [0.2, 0.25) is 15.9 Å². The topological polar surface area (TPSA) is 84.5 Å². The highest BCUT2D eigenvalue weighted by Gasteiger charge is 2.15. The van der Waals surface area contributed by atoms with Crippen LogP contribution in [-0.2, 0) is 14.8 Å². The lowest BCUT2D eigenvalue weighted by molar-refractivity contribution is -0.114. The second-order valence-electron chi connectivity index (χ2n) is 5.94. The van der Waals surface area contributed by atoms with Crippen molar-refractivity contribution < 1.29 is 17.9 Å². The van der Waals surface area contributed by atoms with Gasteiger partial charge in [0, 0.05) is 18.7 Å². The fourth-order valence-corrected chi connectivity index (χ4v) is 3.56. The summed E-state index contributed by atoms with van der Waals surface area (Å²) < 4.78 is 32.5. The first-order chi connectivity index (χ1) is 12.8. The molecule has 27 heavy (non-hydrogen) atoms. The monoisotopic (exact) mass is 386 g/mol. The molecule has 0 aliphatic heterocycles. The molecule has 0 saturated carbocycles. The minimum atomic E-state index is -3.60. The zero-order valence-corrected chi connectivity index (χ0v) is 16.3. The van der Waals surface area contributed by atoms with Crippen molar-refractivity contribution in [2.24, 2.45) is 0 Å². The van der Waals surface area contributed by atoms with Crippen molar-refractivity contribution in [1.82, 2.24) is 4.72 Å². The van der Waals surface area contributed by atoms with Crippen LogP contribution in [0.1, 0.15) is 18.1 Å². The molecule has 2 aromatic rings. The minimum Gasteiger partial charge on any atom is -0.481 e. The van der Waals surface area contributed by atoms with E-state index in [0.29, 0.717) is 17.0 Å². The van der Waals surface area contributed by atoms with Crippen molar-refractivity contribution in [1.29, 1.82) is 0 Å². The van der Waals surface area contributed by atoms with Crippen molar-refractivity contribution in [3.8, 4) is 17.6 Å². The Hall–Kier alpha value is -2.82. The molecule has 0 bridgehead atoms. The van der Waals surface area contributed by atoms with Crippen LogP contribution >= 0.6 is 0 Å². The van der Waals surface area contributed by atoms with Gasteiger partial charge in [0.1, 0.15) is 12.4 Å². The van der Waals surface area contributed by atoms with Gasteiger partial charge in [-0.2, -0.15) is 4.72 Å². The average molecular weight is 386 g/mol. The summed E-state index contributed by atoms with van der Waals surface area (Å²) in [5.74, 6) is 5.88. The first kappa shape index (κ1) is 20.5. The minimum absolute atomic E-state index is 0.00899. The van der Waals surface area contributed by atoms with Crippen molar-refractivity contribution in [2.75, 3.05) is 18.5 Å². The molecule has 1 amide bonds. The van der Waals surface area contributed by atoms with E-state index in [1.54, 1.807) is 43.3 Å². The first-order valence-corrected chi connectivity index (χ1v) is 9.79. The number of hydrogen-bond acceptors (Lipinski definition) is 4. The molecule has 6 nitrogen and oxygen atoms in total. The third kappa shape index (κ3) is 6.44. The van der Waals surface area contributed by atoms with E-state index in [1.807, 2.05) is 13.0 Å². The van der Waals surface area contributed by atoms with E-state index in [0.717, 1.165) is 5.56 Å². The molecule has 0 spiro atoms. The highest BCUT2D eigenvalue weighted by molar-refractivity contribution is 7.89. The van der Waals surface area contributed by atoms with E-state index in [-0.39, 0.29) is 24.0 Å². The van der Waals surface area contributed by atoms with Crippen LogP contribution in [0.2, 0.25) is 0 Å². The Bertz CT molecular complexity index is 989. The maximum atomic E-state index is 12.3. The van der Waals surface area contributed by atoms with Crippen LogP contribution in [0.25, 0.3) is 0 Å². The summed E-state index contributed by atoms with van der Waals surface area (Å²) in [5, 5.41) is 2.66. The third-order valence-electron chi connectivity index (χ3n) is 3.56. The lowest BCUT2D eigenvalue weighted by Gasteiger charge is -2.08. The number of carbonyl (C=O) groups is 1. The number of anilines is 1. The van der Waals surface area contributed by atoms with Crippen molar-refractivity contribution in [2.45, 2.75) is 25.7 Å². The molecule has 0 saturated heterocycles. The van der Waals surface area contributed by atoms with E-state index >= 15 is 0 Å². The summed E-state index contributed by atoms with van der Waals surface area (Å²) in [6.07, 6.45) is 0. The molecule has 0 unspecified atom stereocenters. The summed E-state index contributed by atoms with van der Waals surface area (Å²) >= 11 is 0. The molecule has 0 radical (unpaired) electrons. The standard InChI is InChI=1S/C20H22N2O4S/c1-15-9-10-20(16(2)13-15)27(24,25)21-11-4-5-12-26-19-8-6-7-18(14-19)22-17(3)23/h6-10,13-14,21H,11-12H2,1-3H3,(H,22,23). The van der Waals surface area contributed by atoms with Crippen LogP contribution in [0.4, 0.5) is 5.69 Å². The van der Waals surface area contributed by atoms with Gasteiger partial charge in [-0.25, -0.2) is 8.42 Å². The fourth-order valence-electron chi connectivity index (χ4n) is 2.41. The maximum Gasteiger partial charge on any atom is 0.241 e. The van der Waals surface area contributed by atoms with Gasteiger partial charge in [-0.05, 0) is 37.6 Å². The quantitative estimate of drug-likeness (QED) is 0.748. The molecule has 142 valence electrons. The molecular weight excluding hydrogens is 364 g/mol. The van der Waals surface area contributed by atoms with Crippen LogP contribution in [0.3, 0.4) is 0 Å². The largest absolute Gasteiger partial charge is 0.481 e. The molecule has 2 N–H and O–H groups in total. The lowest BCUT2D eigenvalue weighted by Crippen LogP contribution is -2.24. The Kier molecular flexibility index (Phi) is 6.99. The van der Waals surface area contributed by atoms with Gasteiger partial charge in [-0.1, -0.05) is 35.6 Å². The van der Waals surface area contributed by atoms with Gasteiger partial charge in [-0.15, -0.1) is 0 Å². The number of ether oxygens (including phenoxy) is 1. The molecule has 0 aliphatic carbocycles. The number of rotatable bonds is 6. The summed E-state index contributed by atoms with van der Waals surface area (Å²) in [7, 11) is -3.60. The Morgan fingerprint density at radius 1 is 1.11 bits per heavy atom. The molecule has 2 rings (SSSR count). The number of hydrogen-bond donors (Lipinski definition) is 2. The summed E-state index contributed by atoms with van der Waals surface area (Å²) in [6.45, 7) is 5.20. The van der Waals surface area contributed by atoms with Gasteiger partial charge in [0.05, 0.1) is 11.4 Å². The number of aryl methyl sites for hydroxylation is 2. The van der Waals surface area contributed by atoms with E-state index in [2.05, 4.69) is 21.9 Å². The Balaban J connectivity index is 1.86. The normalized spacial score (nSPS) is 10.6. The SMILES string of the molecule is CC(=O)Nc1cccc(OCC#CCNS(=O)(=O)c2ccc(C)cc2C)c1. The zero-order valence-electron chi connectivity index (χ0n) is 15.5. The number of carbonyl (C=O) groups excluding carboxylic acids is 1. The summed E-state index contributed by atoms with van der Waals surface area (Å²) in [4.78, 5) is 11.3. The Morgan fingerprint density at radius 2 is 1.89 bits per heavy atom. The fraction of sp³-hybridized carbons (Fsp3) is 0.250. The van der Waals surface area contributed by atoms with Gasteiger partial charge in [-0.3, -0.25) is 4.79 Å². The molecule has 7 heteroatoms. The highest BCUT2D eigenvalue weighted by atomic mass is 32.2. The summed E-state index contributed by atoms with van der Waals surface area (Å²) in [6, 6.07) is 12.1. The van der Waals surface area contributed by atoms with Crippen LogP contribution in [0.15, 0.2) is 47.4 Å². The predicted octanol–water partition coefficient (Wildman–Crippen LogP) is 2.62. The molecular formula is C20H22N2O4S. The molecule has 0 aliphatic rings. The molecule has 0 fully saturated rings. The molecule has 0 aromatic heterocycles. The number of amides is 1. The Labute approximate surface area is 160 Å². The van der Waals surface area contributed by atoms with E-state index < -0.39 is 10.0 Å². The van der Waals surface area contributed by atoms with Gasteiger partial charge >= 0.3 is 0 Å². The average Bonchev–Trinajstić information content (AvgIpc) is 2.57. The third-order valence-corrected chi connectivity index (χ3v) is 5.12. The number of nitrogens with one attached hydrogen (secondary N) is 2. The number of sulfonamides is 1. The maximum absolute atomic E-state index is 12.3. The second-order valence-corrected chi connectivity index (χ2v) is 7.68. The van der Waals surface area contributed by atoms with Crippen molar-refractivity contribution in [3.63, 3.8) is 0 Å². The molecule has 0 atom stereocenters. The second kappa shape index (κ2) is 9.21. The predicted molar refractivity (Wildman–Crippen MR) is 105 cm³/mol. The van der Waals surface area contributed by atoms with Crippen molar-refractivity contribution >= 4 is 21.6 Å². The Morgan fingerprint density at radius 3 is 2.59 bits per heavy atom. The zero-order chi connectivity index (χ0) is 19.9. The van der Waals surface area contributed by atoms with E-state index in [1.165, 1.54) is 6.92 Å².